The number of piperazine rings is 1. The normalized spacial score (nSPS) is 17.5. The zero-order valence-electron chi connectivity index (χ0n) is 13.5. The number of rotatable bonds is 4. The molecular weight excluding hydrogens is 312 g/mol. The van der Waals surface area contributed by atoms with Crippen molar-refractivity contribution in [2.75, 3.05) is 26.2 Å². The van der Waals surface area contributed by atoms with Crippen LogP contribution in [0.25, 0.3) is 0 Å². The maximum atomic E-state index is 12.6. The van der Waals surface area contributed by atoms with Crippen LogP contribution in [0.1, 0.15) is 11.1 Å². The quantitative estimate of drug-likeness (QED) is 0.844. The molecule has 3 rings (SSSR count). The Labute approximate surface area is 137 Å². The topological polar surface area (TPSA) is 58.4 Å². The molecule has 1 aromatic heterocycles. The predicted octanol–water partition coefficient (Wildman–Crippen LogP) is 1.24. The lowest BCUT2D eigenvalue weighted by Gasteiger charge is -2.34. The summed E-state index contributed by atoms with van der Waals surface area (Å²) >= 11 is 0. The molecule has 0 saturated carbocycles. The fourth-order valence-electron chi connectivity index (χ4n) is 2.90. The van der Waals surface area contributed by atoms with Gasteiger partial charge in [-0.2, -0.15) is 9.40 Å². The van der Waals surface area contributed by atoms with Gasteiger partial charge in [-0.3, -0.25) is 9.58 Å². The van der Waals surface area contributed by atoms with Gasteiger partial charge in [0, 0.05) is 39.8 Å². The third kappa shape index (κ3) is 3.31. The van der Waals surface area contributed by atoms with Crippen molar-refractivity contribution in [3.05, 3.63) is 47.7 Å². The molecule has 1 aliphatic rings. The highest BCUT2D eigenvalue weighted by Crippen LogP contribution is 2.18. The van der Waals surface area contributed by atoms with Gasteiger partial charge in [0.15, 0.2) is 5.03 Å². The second-order valence-corrected chi connectivity index (χ2v) is 7.78. The predicted molar refractivity (Wildman–Crippen MR) is 88.4 cm³/mol. The fraction of sp³-hybridized carbons (Fsp3) is 0.438. The van der Waals surface area contributed by atoms with Crippen molar-refractivity contribution in [2.45, 2.75) is 18.5 Å². The van der Waals surface area contributed by atoms with E-state index in [0.29, 0.717) is 13.1 Å². The third-order valence-electron chi connectivity index (χ3n) is 4.37. The second-order valence-electron chi connectivity index (χ2n) is 5.90. The van der Waals surface area contributed by atoms with E-state index in [4.69, 9.17) is 0 Å². The standard InChI is InChI=1S/C16H22N4O2S/c1-14-5-3-4-6-15(14)13-19-9-11-20(12-10-19)23(21,22)16-7-8-17-18(16)2/h3-8H,9-13H2,1-2H3. The highest BCUT2D eigenvalue weighted by molar-refractivity contribution is 7.89. The Bertz CT molecular complexity index is 777. The number of benzene rings is 1. The Balaban J connectivity index is 1.65. The lowest BCUT2D eigenvalue weighted by Crippen LogP contribution is -2.48. The zero-order chi connectivity index (χ0) is 16.4. The molecule has 0 amide bonds. The smallest absolute Gasteiger partial charge is 0.260 e. The average Bonchev–Trinajstić information content (AvgIpc) is 2.97. The van der Waals surface area contributed by atoms with Crippen molar-refractivity contribution in [2.24, 2.45) is 7.05 Å². The van der Waals surface area contributed by atoms with Crippen molar-refractivity contribution in [1.82, 2.24) is 19.0 Å². The van der Waals surface area contributed by atoms with E-state index in [1.165, 1.54) is 22.0 Å². The van der Waals surface area contributed by atoms with Crippen LogP contribution in [0.5, 0.6) is 0 Å². The maximum absolute atomic E-state index is 12.6. The number of sulfonamides is 1. The number of aryl methyl sites for hydroxylation is 2. The monoisotopic (exact) mass is 334 g/mol. The zero-order valence-corrected chi connectivity index (χ0v) is 14.3. The number of aromatic nitrogens is 2. The molecule has 0 radical (unpaired) electrons. The van der Waals surface area contributed by atoms with Gasteiger partial charge >= 0.3 is 0 Å². The van der Waals surface area contributed by atoms with Gasteiger partial charge in [0.1, 0.15) is 0 Å². The van der Waals surface area contributed by atoms with E-state index in [2.05, 4.69) is 29.1 Å². The van der Waals surface area contributed by atoms with E-state index in [1.807, 2.05) is 12.1 Å². The first-order valence-corrected chi connectivity index (χ1v) is 9.17. The molecular formula is C16H22N4O2S. The maximum Gasteiger partial charge on any atom is 0.260 e. The van der Waals surface area contributed by atoms with Crippen molar-refractivity contribution >= 4 is 10.0 Å². The minimum Gasteiger partial charge on any atom is -0.296 e. The SMILES string of the molecule is Cc1ccccc1CN1CCN(S(=O)(=O)c2ccnn2C)CC1. The van der Waals surface area contributed by atoms with Crippen molar-refractivity contribution in [3.63, 3.8) is 0 Å². The Morgan fingerprint density at radius 3 is 2.39 bits per heavy atom. The molecule has 2 heterocycles. The molecule has 6 nitrogen and oxygen atoms in total. The van der Waals surface area contributed by atoms with E-state index < -0.39 is 10.0 Å². The molecule has 0 aliphatic carbocycles. The van der Waals surface area contributed by atoms with Crippen LogP contribution in [0.15, 0.2) is 41.6 Å². The van der Waals surface area contributed by atoms with Gasteiger partial charge in [0.05, 0.1) is 6.20 Å². The summed E-state index contributed by atoms with van der Waals surface area (Å²) in [5, 5.41) is 4.21. The molecule has 124 valence electrons. The molecule has 0 unspecified atom stereocenters. The second kappa shape index (κ2) is 6.43. The molecule has 1 fully saturated rings. The van der Waals surface area contributed by atoms with Crippen LogP contribution in [0.2, 0.25) is 0 Å². The van der Waals surface area contributed by atoms with Crippen LogP contribution in [0.4, 0.5) is 0 Å². The van der Waals surface area contributed by atoms with Gasteiger partial charge in [0.2, 0.25) is 0 Å². The Morgan fingerprint density at radius 1 is 1.09 bits per heavy atom. The van der Waals surface area contributed by atoms with Crippen LogP contribution in [0.3, 0.4) is 0 Å². The molecule has 0 spiro atoms. The first-order valence-electron chi connectivity index (χ1n) is 7.73. The van der Waals surface area contributed by atoms with Crippen molar-refractivity contribution in [1.29, 1.82) is 0 Å². The van der Waals surface area contributed by atoms with E-state index in [1.54, 1.807) is 17.4 Å². The largest absolute Gasteiger partial charge is 0.296 e. The van der Waals surface area contributed by atoms with E-state index in [9.17, 15) is 8.42 Å². The van der Waals surface area contributed by atoms with Gasteiger partial charge in [-0.1, -0.05) is 24.3 Å². The van der Waals surface area contributed by atoms with Crippen LogP contribution >= 0.6 is 0 Å². The third-order valence-corrected chi connectivity index (χ3v) is 6.34. The molecule has 2 aromatic rings. The van der Waals surface area contributed by atoms with E-state index >= 15 is 0 Å². The summed E-state index contributed by atoms with van der Waals surface area (Å²) in [5.41, 5.74) is 2.58. The average molecular weight is 334 g/mol. The summed E-state index contributed by atoms with van der Waals surface area (Å²) in [6.07, 6.45) is 1.52. The Morgan fingerprint density at radius 2 is 1.78 bits per heavy atom. The number of hydrogen-bond donors (Lipinski definition) is 0. The summed E-state index contributed by atoms with van der Waals surface area (Å²) in [4.78, 5) is 2.30. The van der Waals surface area contributed by atoms with Crippen LogP contribution in [-0.2, 0) is 23.6 Å². The molecule has 23 heavy (non-hydrogen) atoms. The first kappa shape index (κ1) is 16.2. The summed E-state index contributed by atoms with van der Waals surface area (Å²) in [5.74, 6) is 0. The van der Waals surface area contributed by atoms with Crippen LogP contribution in [0, 0.1) is 6.92 Å². The Kier molecular flexibility index (Phi) is 4.52. The van der Waals surface area contributed by atoms with Crippen LogP contribution in [-0.4, -0.2) is 53.6 Å². The van der Waals surface area contributed by atoms with Gasteiger partial charge in [-0.05, 0) is 24.1 Å². The molecule has 0 bridgehead atoms. The van der Waals surface area contributed by atoms with Crippen molar-refractivity contribution in [3.8, 4) is 0 Å². The van der Waals surface area contributed by atoms with E-state index in [0.717, 1.165) is 19.6 Å². The summed E-state index contributed by atoms with van der Waals surface area (Å²) in [6.45, 7) is 5.49. The molecule has 1 saturated heterocycles. The number of hydrogen-bond acceptors (Lipinski definition) is 4. The summed E-state index contributed by atoms with van der Waals surface area (Å²) in [6, 6.07) is 9.88. The molecule has 1 aromatic carbocycles. The van der Waals surface area contributed by atoms with Gasteiger partial charge in [0.25, 0.3) is 10.0 Å². The van der Waals surface area contributed by atoms with Gasteiger partial charge < -0.3 is 0 Å². The van der Waals surface area contributed by atoms with Gasteiger partial charge in [-0.25, -0.2) is 8.42 Å². The minimum atomic E-state index is -3.45. The summed E-state index contributed by atoms with van der Waals surface area (Å²) in [7, 11) is -1.79. The number of nitrogens with zero attached hydrogens (tertiary/aromatic N) is 4. The molecule has 0 N–H and O–H groups in total. The highest BCUT2D eigenvalue weighted by Gasteiger charge is 2.30. The summed E-state index contributed by atoms with van der Waals surface area (Å²) < 4.78 is 28.2. The fourth-order valence-corrected chi connectivity index (χ4v) is 4.43. The van der Waals surface area contributed by atoms with Crippen molar-refractivity contribution < 1.29 is 8.42 Å². The lowest BCUT2D eigenvalue weighted by atomic mass is 10.1. The highest BCUT2D eigenvalue weighted by atomic mass is 32.2. The minimum absolute atomic E-state index is 0.254. The van der Waals surface area contributed by atoms with E-state index in [-0.39, 0.29) is 5.03 Å². The lowest BCUT2D eigenvalue weighted by molar-refractivity contribution is 0.181. The Hall–Kier alpha value is -1.70. The van der Waals surface area contributed by atoms with Crippen LogP contribution < -0.4 is 0 Å². The molecule has 0 atom stereocenters. The van der Waals surface area contributed by atoms with Gasteiger partial charge in [-0.15, -0.1) is 0 Å². The molecule has 7 heteroatoms. The first-order chi connectivity index (χ1) is 11.0. The molecule has 1 aliphatic heterocycles.